The summed E-state index contributed by atoms with van der Waals surface area (Å²) in [6, 6.07) is 52.7. The standard InChI is InChI=1S/C50H37N3/c1-50(2)44-24-14-13-23-40(44)41-27-26-35(31-45(41)50)36-29-30-42(39-22-12-11-21-38(36)39)46-37-20-10-9-15-32(37)25-28-43(46)49-52-47(33-16-5-3-6-17-33)51-48(53-49)34-18-7-4-8-19-34/h3-7,9-18,20-31H,8,19H2,1-2H3. The molecule has 8 aromatic rings. The Balaban J connectivity index is 1.19. The zero-order valence-corrected chi connectivity index (χ0v) is 29.8. The van der Waals surface area contributed by atoms with Gasteiger partial charge < -0.3 is 0 Å². The van der Waals surface area contributed by atoms with Crippen molar-refractivity contribution in [3.05, 3.63) is 181 Å². The minimum atomic E-state index is -0.0680. The molecule has 0 aliphatic heterocycles. The second-order valence-electron chi connectivity index (χ2n) is 14.7. The van der Waals surface area contributed by atoms with E-state index in [2.05, 4.69) is 159 Å². The van der Waals surface area contributed by atoms with Gasteiger partial charge in [0.1, 0.15) is 0 Å². The molecule has 0 amide bonds. The van der Waals surface area contributed by atoms with Crippen LogP contribution < -0.4 is 0 Å². The highest BCUT2D eigenvalue weighted by atomic mass is 15.0. The van der Waals surface area contributed by atoms with Gasteiger partial charge in [-0.3, -0.25) is 0 Å². The van der Waals surface area contributed by atoms with Crippen molar-refractivity contribution in [1.82, 2.24) is 15.0 Å². The Hall–Kier alpha value is -6.45. The lowest BCUT2D eigenvalue weighted by Crippen LogP contribution is -2.14. The maximum atomic E-state index is 5.23. The fraction of sp³-hybridized carbons (Fsp3) is 0.100. The molecule has 0 bridgehead atoms. The predicted molar refractivity (Wildman–Crippen MR) is 220 cm³/mol. The molecule has 0 N–H and O–H groups in total. The van der Waals surface area contributed by atoms with Crippen LogP contribution in [0.3, 0.4) is 0 Å². The van der Waals surface area contributed by atoms with Crippen LogP contribution >= 0.6 is 0 Å². The molecular formula is C50H37N3. The highest BCUT2D eigenvalue weighted by Gasteiger charge is 2.35. The molecule has 252 valence electrons. The van der Waals surface area contributed by atoms with Gasteiger partial charge in [-0.2, -0.15) is 0 Å². The van der Waals surface area contributed by atoms with Gasteiger partial charge in [0.15, 0.2) is 17.5 Å². The number of hydrogen-bond donors (Lipinski definition) is 0. The summed E-state index contributed by atoms with van der Waals surface area (Å²) in [7, 11) is 0. The van der Waals surface area contributed by atoms with E-state index < -0.39 is 0 Å². The smallest absolute Gasteiger partial charge is 0.164 e. The van der Waals surface area contributed by atoms with E-state index in [0.717, 1.165) is 46.5 Å². The van der Waals surface area contributed by atoms with Crippen LogP contribution in [0.4, 0.5) is 0 Å². The molecule has 10 rings (SSSR count). The molecule has 3 heteroatoms. The minimum absolute atomic E-state index is 0.0680. The lowest BCUT2D eigenvalue weighted by Gasteiger charge is -2.22. The van der Waals surface area contributed by atoms with Crippen molar-refractivity contribution in [2.45, 2.75) is 32.1 Å². The minimum Gasteiger partial charge on any atom is -0.209 e. The molecule has 1 heterocycles. The Morgan fingerprint density at radius 3 is 1.94 bits per heavy atom. The number of hydrogen-bond acceptors (Lipinski definition) is 3. The quantitative estimate of drug-likeness (QED) is 0.182. The molecule has 2 aliphatic rings. The highest BCUT2D eigenvalue weighted by molar-refractivity contribution is 6.13. The number of fused-ring (bicyclic) bond motifs is 5. The van der Waals surface area contributed by atoms with Crippen molar-refractivity contribution in [2.24, 2.45) is 0 Å². The Labute approximate surface area is 310 Å². The number of nitrogens with zero attached hydrogens (tertiary/aromatic N) is 3. The number of rotatable bonds is 5. The summed E-state index contributed by atoms with van der Waals surface area (Å²) in [4.78, 5) is 15.5. The number of benzene rings is 7. The normalized spacial score (nSPS) is 14.3. The monoisotopic (exact) mass is 679 g/mol. The Kier molecular flexibility index (Phi) is 7.29. The zero-order valence-electron chi connectivity index (χ0n) is 29.8. The van der Waals surface area contributed by atoms with Crippen molar-refractivity contribution in [1.29, 1.82) is 0 Å². The van der Waals surface area contributed by atoms with Gasteiger partial charge >= 0.3 is 0 Å². The van der Waals surface area contributed by atoms with Gasteiger partial charge in [-0.05, 0) is 91.0 Å². The van der Waals surface area contributed by atoms with Crippen LogP contribution in [-0.2, 0) is 5.41 Å². The van der Waals surface area contributed by atoms with Crippen LogP contribution in [-0.4, -0.2) is 15.0 Å². The van der Waals surface area contributed by atoms with Crippen LogP contribution in [0.1, 0.15) is 43.6 Å². The summed E-state index contributed by atoms with van der Waals surface area (Å²) in [6.07, 6.45) is 8.32. The van der Waals surface area contributed by atoms with E-state index in [9.17, 15) is 0 Å². The van der Waals surface area contributed by atoms with Crippen molar-refractivity contribution in [3.8, 4) is 56.2 Å². The molecular weight excluding hydrogens is 643 g/mol. The first-order valence-corrected chi connectivity index (χ1v) is 18.5. The first kappa shape index (κ1) is 31.3. The first-order chi connectivity index (χ1) is 26.0. The first-order valence-electron chi connectivity index (χ1n) is 18.5. The summed E-state index contributed by atoms with van der Waals surface area (Å²) in [6.45, 7) is 4.70. The van der Waals surface area contributed by atoms with Gasteiger partial charge in [0.05, 0.1) is 0 Å². The lowest BCUT2D eigenvalue weighted by atomic mass is 9.81. The van der Waals surface area contributed by atoms with Gasteiger partial charge in [-0.25, -0.2) is 15.0 Å². The largest absolute Gasteiger partial charge is 0.209 e. The van der Waals surface area contributed by atoms with E-state index in [1.54, 1.807) is 0 Å². The fourth-order valence-corrected chi connectivity index (χ4v) is 8.53. The summed E-state index contributed by atoms with van der Waals surface area (Å²) in [5, 5.41) is 4.77. The summed E-state index contributed by atoms with van der Waals surface area (Å²) < 4.78 is 0. The summed E-state index contributed by atoms with van der Waals surface area (Å²) in [5.41, 5.74) is 13.2. The van der Waals surface area contributed by atoms with Crippen molar-refractivity contribution in [3.63, 3.8) is 0 Å². The average Bonchev–Trinajstić information content (AvgIpc) is 3.46. The molecule has 0 radical (unpaired) electrons. The third kappa shape index (κ3) is 5.15. The number of aromatic nitrogens is 3. The second kappa shape index (κ2) is 12.4. The lowest BCUT2D eigenvalue weighted by molar-refractivity contribution is 0.660. The van der Waals surface area contributed by atoms with Gasteiger partial charge in [0, 0.05) is 22.1 Å². The molecule has 0 unspecified atom stereocenters. The summed E-state index contributed by atoms with van der Waals surface area (Å²) in [5.74, 6) is 2.10. The van der Waals surface area contributed by atoms with Crippen LogP contribution in [0.2, 0.25) is 0 Å². The fourth-order valence-electron chi connectivity index (χ4n) is 8.53. The van der Waals surface area contributed by atoms with E-state index in [1.165, 1.54) is 54.9 Å². The number of allylic oxidation sites excluding steroid dienone is 4. The van der Waals surface area contributed by atoms with E-state index >= 15 is 0 Å². The van der Waals surface area contributed by atoms with Crippen molar-refractivity contribution in [2.75, 3.05) is 0 Å². The van der Waals surface area contributed by atoms with Crippen LogP contribution in [0.5, 0.6) is 0 Å². The average molecular weight is 680 g/mol. The van der Waals surface area contributed by atoms with Crippen LogP contribution in [0.25, 0.3) is 83.3 Å². The SMILES string of the molecule is CC1(C)c2ccccc2-c2ccc(-c3ccc(-c4c(-c5nc(C6=CC=CCC6)nc(-c6ccccc6)n5)ccc5ccccc45)c4ccccc34)cc21. The van der Waals surface area contributed by atoms with Gasteiger partial charge in [0.2, 0.25) is 0 Å². The zero-order chi connectivity index (χ0) is 35.5. The van der Waals surface area contributed by atoms with Gasteiger partial charge in [0.25, 0.3) is 0 Å². The van der Waals surface area contributed by atoms with Crippen LogP contribution in [0, 0.1) is 0 Å². The third-order valence-electron chi connectivity index (χ3n) is 11.2. The molecule has 53 heavy (non-hydrogen) atoms. The predicted octanol–water partition coefficient (Wildman–Crippen LogP) is 12.9. The van der Waals surface area contributed by atoms with Crippen LogP contribution in [0.15, 0.2) is 164 Å². The highest BCUT2D eigenvalue weighted by Crippen LogP contribution is 2.50. The molecule has 0 atom stereocenters. The van der Waals surface area contributed by atoms with E-state index in [-0.39, 0.29) is 5.41 Å². The molecule has 0 saturated heterocycles. The third-order valence-corrected chi connectivity index (χ3v) is 11.2. The second-order valence-corrected chi connectivity index (χ2v) is 14.7. The Morgan fingerprint density at radius 2 is 1.11 bits per heavy atom. The topological polar surface area (TPSA) is 38.7 Å². The molecule has 0 fully saturated rings. The van der Waals surface area contributed by atoms with Gasteiger partial charge in [-0.1, -0.05) is 166 Å². The van der Waals surface area contributed by atoms with E-state index in [0.29, 0.717) is 11.6 Å². The van der Waals surface area contributed by atoms with E-state index in [4.69, 9.17) is 15.0 Å². The van der Waals surface area contributed by atoms with Gasteiger partial charge in [-0.15, -0.1) is 0 Å². The Morgan fingerprint density at radius 1 is 0.472 bits per heavy atom. The molecule has 7 aromatic carbocycles. The maximum Gasteiger partial charge on any atom is 0.164 e. The maximum absolute atomic E-state index is 5.23. The Bertz CT molecular complexity index is 2810. The molecule has 0 saturated carbocycles. The molecule has 1 aromatic heterocycles. The van der Waals surface area contributed by atoms with Crippen molar-refractivity contribution < 1.29 is 0 Å². The molecule has 3 nitrogen and oxygen atoms in total. The molecule has 2 aliphatic carbocycles. The summed E-state index contributed by atoms with van der Waals surface area (Å²) >= 11 is 0. The molecule has 0 spiro atoms. The van der Waals surface area contributed by atoms with E-state index in [1.807, 2.05) is 18.2 Å². The van der Waals surface area contributed by atoms with Crippen molar-refractivity contribution >= 4 is 27.1 Å².